The number of carbonyl (C=O) groups is 1. The molecule has 0 radical (unpaired) electrons. The van der Waals surface area contributed by atoms with Crippen LogP contribution in [0.25, 0.3) is 10.8 Å². The molecule has 0 spiro atoms. The highest BCUT2D eigenvalue weighted by Gasteiger charge is 2.14. The van der Waals surface area contributed by atoms with Gasteiger partial charge in [-0.25, -0.2) is 0 Å². The molecule has 2 aromatic heterocycles. The van der Waals surface area contributed by atoms with Crippen LogP contribution in [0, 0.1) is 4.77 Å². The first-order valence-corrected chi connectivity index (χ1v) is 10.1. The number of aromatic nitrogens is 3. The first-order valence-electron chi connectivity index (χ1n) is 9.65. The van der Waals surface area contributed by atoms with E-state index in [4.69, 9.17) is 21.4 Å². The van der Waals surface area contributed by atoms with Crippen LogP contribution in [0.5, 0.6) is 5.75 Å². The number of amides is 1. The molecular formula is C22H22N4O3S. The zero-order valence-corrected chi connectivity index (χ0v) is 17.5. The average Bonchev–Trinajstić information content (AvgIpc) is 3.37. The maximum Gasteiger partial charge on any atom is 0.287 e. The SMILES string of the molecule is CC(C)n1c(CNC(=O)c2ccc(COc3ccc4ccccc4c3)o2)n[nH]c1=S. The van der Waals surface area contributed by atoms with Crippen LogP contribution in [0.3, 0.4) is 0 Å². The minimum atomic E-state index is -0.323. The van der Waals surface area contributed by atoms with Gasteiger partial charge in [0, 0.05) is 6.04 Å². The lowest BCUT2D eigenvalue weighted by molar-refractivity contribution is 0.0917. The molecule has 0 saturated carbocycles. The lowest BCUT2D eigenvalue weighted by atomic mass is 10.1. The standard InChI is InChI=1S/C22H22N4O3S/c1-14(2)26-20(24-25-22(26)30)12-23-21(27)19-10-9-18(29-19)13-28-17-8-7-15-5-3-4-6-16(15)11-17/h3-11,14H,12-13H2,1-2H3,(H,23,27)(H,25,30). The van der Waals surface area contributed by atoms with Gasteiger partial charge in [0.25, 0.3) is 5.91 Å². The molecule has 2 aromatic carbocycles. The normalized spacial score (nSPS) is 11.2. The Morgan fingerprint density at radius 3 is 2.80 bits per heavy atom. The van der Waals surface area contributed by atoms with Gasteiger partial charge in [-0.05, 0) is 61.1 Å². The summed E-state index contributed by atoms with van der Waals surface area (Å²) in [5.74, 6) is 1.87. The number of furan rings is 1. The summed E-state index contributed by atoms with van der Waals surface area (Å²) in [6.07, 6.45) is 0. The minimum absolute atomic E-state index is 0.144. The molecule has 2 heterocycles. The molecule has 0 bridgehead atoms. The smallest absolute Gasteiger partial charge is 0.287 e. The first-order chi connectivity index (χ1) is 14.5. The lowest BCUT2D eigenvalue weighted by Crippen LogP contribution is -2.24. The van der Waals surface area contributed by atoms with E-state index in [1.54, 1.807) is 12.1 Å². The predicted octanol–water partition coefficient (Wildman–Crippen LogP) is 4.78. The first kappa shape index (κ1) is 19.9. The van der Waals surface area contributed by atoms with Crippen molar-refractivity contribution >= 4 is 28.9 Å². The zero-order chi connectivity index (χ0) is 21.1. The molecule has 0 aliphatic carbocycles. The van der Waals surface area contributed by atoms with Crippen molar-refractivity contribution in [3.05, 3.63) is 76.7 Å². The number of carbonyl (C=O) groups excluding carboxylic acids is 1. The fourth-order valence-corrected chi connectivity index (χ4v) is 3.59. The Bertz CT molecular complexity index is 1240. The topological polar surface area (TPSA) is 85.1 Å². The van der Waals surface area contributed by atoms with Crippen LogP contribution >= 0.6 is 12.2 Å². The van der Waals surface area contributed by atoms with E-state index in [1.165, 1.54) is 0 Å². The maximum absolute atomic E-state index is 12.4. The number of rotatable bonds is 7. The number of hydrogen-bond acceptors (Lipinski definition) is 5. The molecule has 0 aliphatic heterocycles. The number of ether oxygens (including phenoxy) is 1. The van der Waals surface area contributed by atoms with Gasteiger partial charge in [-0.1, -0.05) is 30.3 Å². The zero-order valence-electron chi connectivity index (χ0n) is 16.7. The second-order valence-corrected chi connectivity index (χ2v) is 7.54. The molecule has 7 nitrogen and oxygen atoms in total. The molecule has 4 rings (SSSR count). The number of nitrogens with one attached hydrogen (secondary N) is 2. The monoisotopic (exact) mass is 422 g/mol. The summed E-state index contributed by atoms with van der Waals surface area (Å²) in [6.45, 7) is 4.49. The van der Waals surface area contributed by atoms with E-state index in [0.29, 0.717) is 16.4 Å². The number of benzene rings is 2. The molecule has 4 aromatic rings. The minimum Gasteiger partial charge on any atom is -0.486 e. The van der Waals surface area contributed by atoms with Crippen molar-refractivity contribution in [2.45, 2.75) is 33.0 Å². The highest BCUT2D eigenvalue weighted by molar-refractivity contribution is 7.71. The third-order valence-corrected chi connectivity index (χ3v) is 4.98. The lowest BCUT2D eigenvalue weighted by Gasteiger charge is -2.10. The Labute approximate surface area is 178 Å². The van der Waals surface area contributed by atoms with Crippen molar-refractivity contribution in [3.63, 3.8) is 0 Å². The molecule has 2 N–H and O–H groups in total. The molecule has 30 heavy (non-hydrogen) atoms. The molecule has 0 fully saturated rings. The van der Waals surface area contributed by atoms with Crippen LogP contribution in [0.15, 0.2) is 59.0 Å². The molecule has 0 aliphatic rings. The van der Waals surface area contributed by atoms with Gasteiger partial charge in [0.15, 0.2) is 16.4 Å². The number of aromatic amines is 1. The number of nitrogens with zero attached hydrogens (tertiary/aromatic N) is 2. The Morgan fingerprint density at radius 1 is 1.20 bits per heavy atom. The summed E-state index contributed by atoms with van der Waals surface area (Å²) in [4.78, 5) is 12.4. The van der Waals surface area contributed by atoms with E-state index in [-0.39, 0.29) is 30.9 Å². The van der Waals surface area contributed by atoms with Crippen molar-refractivity contribution < 1.29 is 13.9 Å². The quantitative estimate of drug-likeness (QED) is 0.419. The number of fused-ring (bicyclic) bond motifs is 1. The Morgan fingerprint density at radius 2 is 2.00 bits per heavy atom. The van der Waals surface area contributed by atoms with Crippen molar-refractivity contribution in [3.8, 4) is 5.75 Å². The van der Waals surface area contributed by atoms with E-state index in [2.05, 4.69) is 21.6 Å². The second kappa shape index (κ2) is 8.54. The van der Waals surface area contributed by atoms with E-state index in [1.807, 2.05) is 54.8 Å². The van der Waals surface area contributed by atoms with Crippen molar-refractivity contribution in [2.24, 2.45) is 0 Å². The molecular weight excluding hydrogens is 400 g/mol. The van der Waals surface area contributed by atoms with Gasteiger partial charge < -0.3 is 19.0 Å². The van der Waals surface area contributed by atoms with Gasteiger partial charge in [-0.3, -0.25) is 9.89 Å². The fraction of sp³-hybridized carbons (Fsp3) is 0.227. The third kappa shape index (κ3) is 4.28. The molecule has 0 unspecified atom stereocenters. The van der Waals surface area contributed by atoms with Crippen LogP contribution in [-0.4, -0.2) is 20.7 Å². The van der Waals surface area contributed by atoms with Gasteiger partial charge in [0.1, 0.15) is 18.1 Å². The third-order valence-electron chi connectivity index (χ3n) is 4.69. The Balaban J connectivity index is 1.36. The van der Waals surface area contributed by atoms with Crippen LogP contribution in [-0.2, 0) is 13.2 Å². The van der Waals surface area contributed by atoms with Gasteiger partial charge in [-0.2, -0.15) is 5.10 Å². The van der Waals surface area contributed by atoms with E-state index >= 15 is 0 Å². The van der Waals surface area contributed by atoms with Crippen molar-refractivity contribution in [1.29, 1.82) is 0 Å². The van der Waals surface area contributed by atoms with E-state index < -0.39 is 0 Å². The highest BCUT2D eigenvalue weighted by atomic mass is 32.1. The van der Waals surface area contributed by atoms with Crippen molar-refractivity contribution in [1.82, 2.24) is 20.1 Å². The number of H-pyrrole nitrogens is 1. The Hall–Kier alpha value is -3.39. The molecule has 0 saturated heterocycles. The van der Waals surface area contributed by atoms with Crippen LogP contribution in [0.1, 0.15) is 42.0 Å². The molecule has 1 amide bonds. The highest BCUT2D eigenvalue weighted by Crippen LogP contribution is 2.22. The fourth-order valence-electron chi connectivity index (χ4n) is 3.23. The summed E-state index contributed by atoms with van der Waals surface area (Å²) < 4.78 is 13.8. The summed E-state index contributed by atoms with van der Waals surface area (Å²) in [5, 5.41) is 12.0. The summed E-state index contributed by atoms with van der Waals surface area (Å²) in [6, 6.07) is 17.5. The summed E-state index contributed by atoms with van der Waals surface area (Å²) in [5.41, 5.74) is 0. The van der Waals surface area contributed by atoms with Crippen LogP contribution in [0.4, 0.5) is 0 Å². The van der Waals surface area contributed by atoms with E-state index in [0.717, 1.165) is 16.5 Å². The maximum atomic E-state index is 12.4. The largest absolute Gasteiger partial charge is 0.486 e. The molecule has 0 atom stereocenters. The molecule has 8 heteroatoms. The summed E-state index contributed by atoms with van der Waals surface area (Å²) in [7, 11) is 0. The second-order valence-electron chi connectivity index (χ2n) is 7.16. The van der Waals surface area contributed by atoms with Gasteiger partial charge in [-0.15, -0.1) is 0 Å². The summed E-state index contributed by atoms with van der Waals surface area (Å²) >= 11 is 5.22. The number of hydrogen-bond donors (Lipinski definition) is 2. The van der Waals surface area contributed by atoms with Crippen LogP contribution in [0.2, 0.25) is 0 Å². The van der Waals surface area contributed by atoms with Crippen LogP contribution < -0.4 is 10.1 Å². The van der Waals surface area contributed by atoms with Gasteiger partial charge in [0.05, 0.1) is 6.54 Å². The van der Waals surface area contributed by atoms with E-state index in [9.17, 15) is 4.79 Å². The average molecular weight is 423 g/mol. The molecule has 154 valence electrons. The van der Waals surface area contributed by atoms with Crippen molar-refractivity contribution in [2.75, 3.05) is 0 Å². The van der Waals surface area contributed by atoms with Gasteiger partial charge >= 0.3 is 0 Å². The predicted molar refractivity (Wildman–Crippen MR) is 116 cm³/mol. The Kier molecular flexibility index (Phi) is 5.67. The van der Waals surface area contributed by atoms with Gasteiger partial charge in [0.2, 0.25) is 0 Å².